The first-order valence-corrected chi connectivity index (χ1v) is 7.46. The first-order valence-electron chi connectivity index (χ1n) is 6.47. The number of nitrogens with two attached hydrogens (primary N) is 1. The monoisotopic (exact) mass is 264 g/mol. The normalized spacial score (nSPS) is 15.9. The molecule has 0 saturated heterocycles. The Morgan fingerprint density at radius 3 is 3.17 bits per heavy atom. The van der Waals surface area contributed by atoms with Crippen LogP contribution in [-0.2, 0) is 11.2 Å². The van der Waals surface area contributed by atoms with Gasteiger partial charge in [0.05, 0.1) is 0 Å². The number of amides is 1. The van der Waals surface area contributed by atoms with Crippen LogP contribution in [-0.4, -0.2) is 18.2 Å². The lowest BCUT2D eigenvalue weighted by Gasteiger charge is -2.17. The fourth-order valence-corrected chi connectivity index (χ4v) is 3.10. The van der Waals surface area contributed by atoms with E-state index in [-0.39, 0.29) is 11.8 Å². The van der Waals surface area contributed by atoms with E-state index in [0.29, 0.717) is 6.54 Å². The molecule has 0 spiro atoms. The van der Waals surface area contributed by atoms with Gasteiger partial charge < -0.3 is 11.1 Å². The molecule has 1 aromatic carbocycles. The molecule has 1 atom stereocenters. The van der Waals surface area contributed by atoms with Crippen molar-refractivity contribution in [3.8, 4) is 0 Å². The van der Waals surface area contributed by atoms with Gasteiger partial charge in [0, 0.05) is 16.5 Å². The van der Waals surface area contributed by atoms with Crippen LogP contribution in [0.15, 0.2) is 23.1 Å². The number of rotatable bonds is 4. The third kappa shape index (κ3) is 3.27. The summed E-state index contributed by atoms with van der Waals surface area (Å²) in [6, 6.07) is 6.21. The van der Waals surface area contributed by atoms with Gasteiger partial charge in [0.1, 0.15) is 0 Å². The molecule has 98 valence electrons. The van der Waals surface area contributed by atoms with Crippen LogP contribution in [0.25, 0.3) is 0 Å². The minimum atomic E-state index is -0.0274. The summed E-state index contributed by atoms with van der Waals surface area (Å²) in [5.41, 5.74) is 7.73. The van der Waals surface area contributed by atoms with Crippen LogP contribution in [0.3, 0.4) is 0 Å². The summed E-state index contributed by atoms with van der Waals surface area (Å²) >= 11 is 1.90. The Morgan fingerprint density at radius 1 is 1.56 bits per heavy atom. The number of aryl methyl sites for hydroxylation is 1. The zero-order valence-electron chi connectivity index (χ0n) is 10.7. The molecule has 0 bridgehead atoms. The summed E-state index contributed by atoms with van der Waals surface area (Å²) < 4.78 is 0. The predicted molar refractivity (Wildman–Crippen MR) is 77.0 cm³/mol. The van der Waals surface area contributed by atoms with E-state index in [2.05, 4.69) is 17.4 Å². The summed E-state index contributed by atoms with van der Waals surface area (Å²) in [5.74, 6) is 1.23. The van der Waals surface area contributed by atoms with Crippen molar-refractivity contribution in [2.45, 2.75) is 31.1 Å². The molecule has 18 heavy (non-hydrogen) atoms. The zero-order chi connectivity index (χ0) is 13.0. The number of thioether (sulfide) groups is 1. The van der Waals surface area contributed by atoms with Gasteiger partial charge in [-0.3, -0.25) is 4.79 Å². The second kappa shape index (κ2) is 6.25. The Hall–Kier alpha value is -1.00. The number of nitrogens with one attached hydrogen (secondary N) is 1. The van der Waals surface area contributed by atoms with Crippen molar-refractivity contribution in [1.29, 1.82) is 0 Å². The van der Waals surface area contributed by atoms with E-state index in [0.717, 1.165) is 18.5 Å². The maximum absolute atomic E-state index is 11.9. The van der Waals surface area contributed by atoms with Gasteiger partial charge in [-0.25, -0.2) is 0 Å². The van der Waals surface area contributed by atoms with Crippen LogP contribution >= 0.6 is 11.8 Å². The van der Waals surface area contributed by atoms with Crippen molar-refractivity contribution >= 4 is 23.4 Å². The summed E-state index contributed by atoms with van der Waals surface area (Å²) in [6.45, 7) is 2.46. The molecule has 1 aliphatic rings. The minimum absolute atomic E-state index is 0.0274. The molecule has 4 heteroatoms. The predicted octanol–water partition coefficient (Wildman–Crippen LogP) is 2.65. The van der Waals surface area contributed by atoms with Gasteiger partial charge >= 0.3 is 0 Å². The van der Waals surface area contributed by atoms with Crippen molar-refractivity contribution in [3.05, 3.63) is 23.8 Å². The van der Waals surface area contributed by atoms with Crippen molar-refractivity contribution in [2.24, 2.45) is 11.7 Å². The SMILES string of the molecule is CC(CCN)C(=O)Nc1ccc2c(c1)CCCS2. The van der Waals surface area contributed by atoms with E-state index in [9.17, 15) is 4.79 Å². The maximum atomic E-state index is 11.9. The van der Waals surface area contributed by atoms with Gasteiger partial charge in [0.25, 0.3) is 0 Å². The van der Waals surface area contributed by atoms with Crippen LogP contribution in [0.5, 0.6) is 0 Å². The van der Waals surface area contributed by atoms with E-state index in [1.54, 1.807) is 0 Å². The summed E-state index contributed by atoms with van der Waals surface area (Å²) in [7, 11) is 0. The van der Waals surface area contributed by atoms with E-state index in [1.165, 1.54) is 22.6 Å². The lowest BCUT2D eigenvalue weighted by molar-refractivity contribution is -0.119. The first-order chi connectivity index (χ1) is 8.70. The number of fused-ring (bicyclic) bond motifs is 1. The van der Waals surface area contributed by atoms with E-state index in [1.807, 2.05) is 24.8 Å². The molecule has 1 aromatic rings. The number of hydrogen-bond acceptors (Lipinski definition) is 3. The number of benzene rings is 1. The Morgan fingerprint density at radius 2 is 2.39 bits per heavy atom. The number of anilines is 1. The molecule has 0 fully saturated rings. The molecular formula is C14H20N2OS. The fourth-order valence-electron chi connectivity index (χ4n) is 2.08. The lowest BCUT2D eigenvalue weighted by Crippen LogP contribution is -2.22. The molecule has 0 radical (unpaired) electrons. The van der Waals surface area contributed by atoms with Crippen molar-refractivity contribution < 1.29 is 4.79 Å². The molecule has 3 N–H and O–H groups in total. The molecule has 3 nitrogen and oxygen atoms in total. The molecule has 2 rings (SSSR count). The topological polar surface area (TPSA) is 55.1 Å². The Balaban J connectivity index is 2.03. The highest BCUT2D eigenvalue weighted by Gasteiger charge is 2.14. The molecule has 0 saturated carbocycles. The molecule has 1 amide bonds. The average Bonchev–Trinajstić information content (AvgIpc) is 2.39. The van der Waals surface area contributed by atoms with E-state index in [4.69, 9.17) is 5.73 Å². The van der Waals surface area contributed by atoms with Crippen molar-refractivity contribution in [2.75, 3.05) is 17.6 Å². The van der Waals surface area contributed by atoms with Gasteiger partial charge in [-0.2, -0.15) is 0 Å². The maximum Gasteiger partial charge on any atom is 0.227 e. The summed E-state index contributed by atoms with van der Waals surface area (Å²) in [6.07, 6.45) is 3.07. The molecule has 1 unspecified atom stereocenters. The Bertz CT molecular complexity index is 434. The number of carbonyl (C=O) groups excluding carboxylic acids is 1. The highest BCUT2D eigenvalue weighted by molar-refractivity contribution is 7.99. The molecule has 1 aliphatic heterocycles. The van der Waals surface area contributed by atoms with Crippen LogP contribution in [0, 0.1) is 5.92 Å². The second-order valence-corrected chi connectivity index (χ2v) is 5.88. The van der Waals surface area contributed by atoms with Crippen LogP contribution < -0.4 is 11.1 Å². The standard InChI is InChI=1S/C14H20N2OS/c1-10(6-7-15)14(17)16-12-4-5-13-11(9-12)3-2-8-18-13/h4-5,9-10H,2-3,6-8,15H2,1H3,(H,16,17). The highest BCUT2D eigenvalue weighted by Crippen LogP contribution is 2.31. The van der Waals surface area contributed by atoms with Gasteiger partial charge in [0.15, 0.2) is 0 Å². The molecule has 0 aromatic heterocycles. The van der Waals surface area contributed by atoms with Crippen LogP contribution in [0.4, 0.5) is 5.69 Å². The molecule has 1 heterocycles. The highest BCUT2D eigenvalue weighted by atomic mass is 32.2. The summed E-state index contributed by atoms with van der Waals surface area (Å²) in [4.78, 5) is 13.3. The Labute approximate surface area is 113 Å². The smallest absolute Gasteiger partial charge is 0.227 e. The van der Waals surface area contributed by atoms with Gasteiger partial charge in [-0.05, 0) is 55.3 Å². The van der Waals surface area contributed by atoms with Crippen molar-refractivity contribution in [3.63, 3.8) is 0 Å². The Kier molecular flexibility index (Phi) is 4.66. The third-order valence-corrected chi connectivity index (χ3v) is 4.43. The summed E-state index contributed by atoms with van der Waals surface area (Å²) in [5, 5.41) is 2.97. The largest absolute Gasteiger partial charge is 0.330 e. The van der Waals surface area contributed by atoms with Crippen LogP contribution in [0.2, 0.25) is 0 Å². The number of carbonyl (C=O) groups is 1. The quantitative estimate of drug-likeness (QED) is 0.879. The molecule has 0 aliphatic carbocycles. The number of hydrogen-bond donors (Lipinski definition) is 2. The average molecular weight is 264 g/mol. The fraction of sp³-hybridized carbons (Fsp3) is 0.500. The van der Waals surface area contributed by atoms with Gasteiger partial charge in [-0.1, -0.05) is 6.92 Å². The minimum Gasteiger partial charge on any atom is -0.330 e. The first kappa shape index (κ1) is 13.4. The zero-order valence-corrected chi connectivity index (χ0v) is 11.6. The van der Waals surface area contributed by atoms with E-state index < -0.39 is 0 Å². The van der Waals surface area contributed by atoms with E-state index >= 15 is 0 Å². The third-order valence-electron chi connectivity index (χ3n) is 3.22. The van der Waals surface area contributed by atoms with Crippen molar-refractivity contribution in [1.82, 2.24) is 0 Å². The second-order valence-electron chi connectivity index (χ2n) is 4.74. The van der Waals surface area contributed by atoms with Gasteiger partial charge in [-0.15, -0.1) is 11.8 Å². The van der Waals surface area contributed by atoms with Gasteiger partial charge in [0.2, 0.25) is 5.91 Å². The van der Waals surface area contributed by atoms with Crippen LogP contribution in [0.1, 0.15) is 25.3 Å². The molecular weight excluding hydrogens is 244 g/mol. The lowest BCUT2D eigenvalue weighted by atomic mass is 10.1.